The van der Waals surface area contributed by atoms with Crippen LogP contribution in [0.4, 0.5) is 0 Å². The van der Waals surface area contributed by atoms with E-state index in [2.05, 4.69) is 6.92 Å². The predicted molar refractivity (Wildman–Crippen MR) is 69.6 cm³/mol. The molecule has 1 aromatic carbocycles. The van der Waals surface area contributed by atoms with Crippen molar-refractivity contribution in [2.45, 2.75) is 45.3 Å². The maximum absolute atomic E-state index is 11.1. The highest BCUT2D eigenvalue weighted by atomic mass is 16.5. The molecule has 0 amide bonds. The van der Waals surface area contributed by atoms with Crippen LogP contribution in [0.3, 0.4) is 0 Å². The molecule has 1 N–H and O–H groups in total. The highest BCUT2D eigenvalue weighted by Crippen LogP contribution is 2.26. The summed E-state index contributed by atoms with van der Waals surface area (Å²) in [5.41, 5.74) is 1.12. The molecule has 1 aromatic rings. The first kappa shape index (κ1) is 13.1. The second-order valence-electron chi connectivity index (χ2n) is 5.17. The summed E-state index contributed by atoms with van der Waals surface area (Å²) in [5, 5.41) is 9.09. The normalized spacial score (nSPS) is 23.8. The van der Waals surface area contributed by atoms with Crippen molar-refractivity contribution in [1.29, 1.82) is 0 Å². The Morgan fingerprint density at radius 1 is 1.39 bits per heavy atom. The van der Waals surface area contributed by atoms with Gasteiger partial charge in [-0.2, -0.15) is 0 Å². The summed E-state index contributed by atoms with van der Waals surface area (Å²) >= 11 is 0. The van der Waals surface area contributed by atoms with E-state index in [1.54, 1.807) is 12.1 Å². The third-order valence-electron chi connectivity index (χ3n) is 3.61. The molecule has 0 radical (unpaired) electrons. The molecule has 0 spiro atoms. The first-order chi connectivity index (χ1) is 8.66. The molecule has 3 heteroatoms. The second-order valence-corrected chi connectivity index (χ2v) is 5.17. The monoisotopic (exact) mass is 248 g/mol. The number of carboxylic acids is 1. The van der Waals surface area contributed by atoms with Crippen molar-refractivity contribution >= 4 is 5.97 Å². The lowest BCUT2D eigenvalue weighted by Crippen LogP contribution is -2.21. The highest BCUT2D eigenvalue weighted by Gasteiger charge is 2.20. The molecule has 0 saturated heterocycles. The summed E-state index contributed by atoms with van der Waals surface area (Å²) in [6.45, 7) is 2.65. The van der Waals surface area contributed by atoms with Crippen LogP contribution >= 0.6 is 0 Å². The van der Waals surface area contributed by atoms with Crippen molar-refractivity contribution in [3.8, 4) is 0 Å². The van der Waals surface area contributed by atoms with Crippen molar-refractivity contribution in [2.24, 2.45) is 5.92 Å². The lowest BCUT2D eigenvalue weighted by molar-refractivity contribution is 0.00414. The highest BCUT2D eigenvalue weighted by molar-refractivity contribution is 5.89. The lowest BCUT2D eigenvalue weighted by atomic mass is 9.89. The fourth-order valence-electron chi connectivity index (χ4n) is 2.59. The molecule has 98 valence electrons. The van der Waals surface area contributed by atoms with Gasteiger partial charge in [-0.1, -0.05) is 38.0 Å². The topological polar surface area (TPSA) is 46.5 Å². The molecule has 1 aliphatic carbocycles. The van der Waals surface area contributed by atoms with Crippen molar-refractivity contribution in [3.05, 3.63) is 35.4 Å². The summed E-state index contributed by atoms with van der Waals surface area (Å²) in [5.74, 6) is -0.162. The minimum Gasteiger partial charge on any atom is -0.478 e. The first-order valence-electron chi connectivity index (χ1n) is 6.59. The number of hydrogen-bond donors (Lipinski definition) is 1. The lowest BCUT2D eigenvalue weighted by Gasteiger charge is -2.27. The van der Waals surface area contributed by atoms with E-state index in [0.29, 0.717) is 12.2 Å². The molecule has 1 saturated carbocycles. The van der Waals surface area contributed by atoms with Crippen LogP contribution in [0.15, 0.2) is 24.3 Å². The van der Waals surface area contributed by atoms with Crippen molar-refractivity contribution in [1.82, 2.24) is 0 Å². The van der Waals surface area contributed by atoms with E-state index < -0.39 is 5.97 Å². The summed E-state index contributed by atoms with van der Waals surface area (Å²) in [6.07, 6.45) is 4.97. The van der Waals surface area contributed by atoms with Gasteiger partial charge >= 0.3 is 5.97 Å². The number of rotatable bonds is 4. The Kier molecular flexibility index (Phi) is 4.37. The Labute approximate surface area is 108 Å². The first-order valence-corrected chi connectivity index (χ1v) is 6.59. The van der Waals surface area contributed by atoms with Gasteiger partial charge in [0.2, 0.25) is 0 Å². The number of aromatic carboxylic acids is 1. The molecule has 18 heavy (non-hydrogen) atoms. The van der Waals surface area contributed by atoms with Crippen molar-refractivity contribution < 1.29 is 14.6 Å². The summed E-state index contributed by atoms with van der Waals surface area (Å²) in [7, 11) is 0. The Balaban J connectivity index is 1.95. The van der Waals surface area contributed by atoms with Gasteiger partial charge in [0, 0.05) is 0 Å². The van der Waals surface area contributed by atoms with Crippen LogP contribution in [0.1, 0.15) is 48.5 Å². The van der Waals surface area contributed by atoms with Gasteiger partial charge in [-0.15, -0.1) is 0 Å². The third kappa shape index (κ3) is 3.33. The Morgan fingerprint density at radius 3 is 2.89 bits per heavy atom. The quantitative estimate of drug-likeness (QED) is 0.887. The van der Waals surface area contributed by atoms with E-state index in [1.165, 1.54) is 12.8 Å². The predicted octanol–water partition coefficient (Wildman–Crippen LogP) is 3.48. The fraction of sp³-hybridized carbons (Fsp3) is 0.533. The molecular formula is C15H20O3. The zero-order chi connectivity index (χ0) is 13.0. The minimum absolute atomic E-state index is 0.288. The molecule has 0 bridgehead atoms. The summed E-state index contributed by atoms with van der Waals surface area (Å²) < 4.78 is 5.87. The van der Waals surface area contributed by atoms with E-state index in [-0.39, 0.29) is 6.10 Å². The van der Waals surface area contributed by atoms with Crippen molar-refractivity contribution in [3.63, 3.8) is 0 Å². The number of ether oxygens (including phenoxy) is 1. The zero-order valence-corrected chi connectivity index (χ0v) is 10.8. The Morgan fingerprint density at radius 2 is 2.17 bits per heavy atom. The molecule has 1 fully saturated rings. The smallest absolute Gasteiger partial charge is 0.336 e. The van der Waals surface area contributed by atoms with Crippen LogP contribution in [-0.4, -0.2) is 17.2 Å². The van der Waals surface area contributed by atoms with E-state index >= 15 is 0 Å². The number of carbonyl (C=O) groups is 1. The molecule has 2 unspecified atom stereocenters. The van der Waals surface area contributed by atoms with Crippen LogP contribution in [0.5, 0.6) is 0 Å². The fourth-order valence-corrected chi connectivity index (χ4v) is 2.59. The molecule has 0 aliphatic heterocycles. The van der Waals surface area contributed by atoms with Crippen LogP contribution in [-0.2, 0) is 11.3 Å². The average molecular weight is 248 g/mol. The maximum atomic E-state index is 11.1. The molecule has 2 rings (SSSR count). The minimum atomic E-state index is -0.883. The molecular weight excluding hydrogens is 228 g/mol. The SMILES string of the molecule is CC1CCCC(OCc2ccccc2C(=O)O)C1. The average Bonchev–Trinajstić information content (AvgIpc) is 2.37. The molecule has 2 atom stereocenters. The largest absolute Gasteiger partial charge is 0.478 e. The van der Waals surface area contributed by atoms with Gasteiger partial charge in [0.25, 0.3) is 0 Å². The van der Waals surface area contributed by atoms with Gasteiger partial charge in [0.1, 0.15) is 0 Å². The molecule has 3 nitrogen and oxygen atoms in total. The molecule has 1 aliphatic rings. The van der Waals surface area contributed by atoms with E-state index in [1.807, 2.05) is 12.1 Å². The molecule has 0 heterocycles. The third-order valence-corrected chi connectivity index (χ3v) is 3.61. The summed E-state index contributed by atoms with van der Waals surface area (Å²) in [6, 6.07) is 7.06. The van der Waals surface area contributed by atoms with Crippen LogP contribution in [0.2, 0.25) is 0 Å². The summed E-state index contributed by atoms with van der Waals surface area (Å²) in [4.78, 5) is 11.1. The van der Waals surface area contributed by atoms with Gasteiger partial charge in [-0.25, -0.2) is 4.79 Å². The number of hydrogen-bond acceptors (Lipinski definition) is 2. The van der Waals surface area contributed by atoms with Crippen LogP contribution in [0.25, 0.3) is 0 Å². The van der Waals surface area contributed by atoms with E-state index in [4.69, 9.17) is 9.84 Å². The van der Waals surface area contributed by atoms with Crippen LogP contribution in [0, 0.1) is 5.92 Å². The number of carboxylic acid groups (broad SMARTS) is 1. The Bertz CT molecular complexity index is 414. The zero-order valence-electron chi connectivity index (χ0n) is 10.8. The maximum Gasteiger partial charge on any atom is 0.336 e. The van der Waals surface area contributed by atoms with Gasteiger partial charge in [-0.05, 0) is 30.4 Å². The van der Waals surface area contributed by atoms with E-state index in [0.717, 1.165) is 24.3 Å². The van der Waals surface area contributed by atoms with Crippen molar-refractivity contribution in [2.75, 3.05) is 0 Å². The van der Waals surface area contributed by atoms with Gasteiger partial charge < -0.3 is 9.84 Å². The number of benzene rings is 1. The van der Waals surface area contributed by atoms with Gasteiger partial charge in [-0.3, -0.25) is 0 Å². The standard InChI is InChI=1S/C15H20O3/c1-11-5-4-7-13(9-11)18-10-12-6-2-3-8-14(12)15(16)17/h2-3,6,8,11,13H,4-5,7,9-10H2,1H3,(H,16,17). The molecule has 0 aromatic heterocycles. The van der Waals surface area contributed by atoms with Gasteiger partial charge in [0.05, 0.1) is 18.3 Å². The van der Waals surface area contributed by atoms with Crippen LogP contribution < -0.4 is 0 Å². The van der Waals surface area contributed by atoms with E-state index in [9.17, 15) is 4.79 Å². The van der Waals surface area contributed by atoms with Gasteiger partial charge in [0.15, 0.2) is 0 Å². The Hall–Kier alpha value is -1.35. The second kappa shape index (κ2) is 6.01.